The molecule has 1 N–H and O–H groups in total. The Kier molecular flexibility index (Phi) is 5.54. The second-order valence-electron chi connectivity index (χ2n) is 6.35. The number of hydrogen-bond acceptors (Lipinski definition) is 2. The molecule has 2 amide bonds. The molecule has 1 aromatic rings. The molecule has 0 radical (unpaired) electrons. The number of nitrogens with zero attached hydrogens (tertiary/aromatic N) is 1. The van der Waals surface area contributed by atoms with E-state index in [1.165, 1.54) is 29.1 Å². The zero-order valence-corrected chi connectivity index (χ0v) is 16.2. The molecule has 2 heterocycles. The number of carbonyl (C=O) groups excluding carboxylic acids is 2. The first-order chi connectivity index (χ1) is 11.1. The molecule has 23 heavy (non-hydrogen) atoms. The molecule has 3 rings (SSSR count). The quantitative estimate of drug-likeness (QED) is 0.712. The molecule has 2 saturated heterocycles. The Bertz CT molecular complexity index is 613. The summed E-state index contributed by atoms with van der Waals surface area (Å²) in [5, 5.41) is 0. The fourth-order valence-electron chi connectivity index (χ4n) is 3.57. The van der Waals surface area contributed by atoms with Gasteiger partial charge in [0.15, 0.2) is 6.04 Å². The maximum absolute atomic E-state index is 12.9. The van der Waals surface area contributed by atoms with E-state index in [1.807, 2.05) is 18.2 Å². The van der Waals surface area contributed by atoms with Crippen LogP contribution in [0.5, 0.6) is 0 Å². The molecule has 4 nitrogen and oxygen atoms in total. The van der Waals surface area contributed by atoms with Crippen LogP contribution >= 0.6 is 31.9 Å². The van der Waals surface area contributed by atoms with Gasteiger partial charge in [0.2, 0.25) is 5.91 Å². The Labute approximate surface area is 153 Å². The van der Waals surface area contributed by atoms with Gasteiger partial charge in [0.25, 0.3) is 5.91 Å². The molecule has 0 saturated carbocycles. The van der Waals surface area contributed by atoms with E-state index in [0.717, 1.165) is 34.9 Å². The molecule has 0 aromatic heterocycles. The van der Waals surface area contributed by atoms with Crippen molar-refractivity contribution in [2.24, 2.45) is 0 Å². The minimum atomic E-state index is -0.212. The van der Waals surface area contributed by atoms with Crippen molar-refractivity contribution in [2.75, 3.05) is 18.0 Å². The summed E-state index contributed by atoms with van der Waals surface area (Å²) in [6.07, 6.45) is 6.39. The Hall–Kier alpha value is -0.720. The van der Waals surface area contributed by atoms with Crippen LogP contribution in [0.1, 0.15) is 38.5 Å². The van der Waals surface area contributed by atoms with Crippen molar-refractivity contribution in [1.82, 2.24) is 0 Å². The number of amides is 2. The van der Waals surface area contributed by atoms with E-state index in [9.17, 15) is 9.59 Å². The molecule has 2 fully saturated rings. The van der Waals surface area contributed by atoms with Crippen molar-refractivity contribution in [3.8, 4) is 0 Å². The van der Waals surface area contributed by atoms with E-state index in [0.29, 0.717) is 12.1 Å². The van der Waals surface area contributed by atoms with Gasteiger partial charge in [0.05, 0.1) is 25.2 Å². The Morgan fingerprint density at radius 3 is 2.30 bits per heavy atom. The minimum absolute atomic E-state index is 0.0476. The topological polar surface area (TPSA) is 41.8 Å². The van der Waals surface area contributed by atoms with Crippen LogP contribution in [0.3, 0.4) is 0 Å². The summed E-state index contributed by atoms with van der Waals surface area (Å²) in [5.74, 6) is -0.133. The molecule has 1 aromatic carbocycles. The number of anilines is 1. The molecule has 0 aliphatic carbocycles. The lowest BCUT2D eigenvalue weighted by atomic mass is 10.1. The third-order valence-electron chi connectivity index (χ3n) is 4.79. The lowest BCUT2D eigenvalue weighted by Gasteiger charge is -2.26. The predicted octanol–water partition coefficient (Wildman–Crippen LogP) is 2.69. The number of benzene rings is 1. The van der Waals surface area contributed by atoms with Gasteiger partial charge in [-0.15, -0.1) is 0 Å². The van der Waals surface area contributed by atoms with E-state index >= 15 is 0 Å². The first-order valence-corrected chi connectivity index (χ1v) is 9.83. The largest absolute Gasteiger partial charge is 0.324 e. The van der Waals surface area contributed by atoms with E-state index < -0.39 is 0 Å². The zero-order valence-electron chi connectivity index (χ0n) is 13.0. The monoisotopic (exact) mass is 443 g/mol. The zero-order chi connectivity index (χ0) is 16.4. The highest BCUT2D eigenvalue weighted by Crippen LogP contribution is 2.32. The van der Waals surface area contributed by atoms with Crippen LogP contribution in [0.25, 0.3) is 0 Å². The molecule has 6 heteroatoms. The second kappa shape index (κ2) is 7.45. The van der Waals surface area contributed by atoms with Crippen molar-refractivity contribution in [1.29, 1.82) is 0 Å². The molecule has 1 atom stereocenters. The number of rotatable bonds is 2. The fraction of sp³-hybridized carbons (Fsp3) is 0.529. The van der Waals surface area contributed by atoms with Gasteiger partial charge in [-0.3, -0.25) is 9.59 Å². The first-order valence-electron chi connectivity index (χ1n) is 8.24. The van der Waals surface area contributed by atoms with Gasteiger partial charge in [-0.05, 0) is 59.8 Å². The highest BCUT2D eigenvalue weighted by atomic mass is 79.9. The highest BCUT2D eigenvalue weighted by molar-refractivity contribution is 9.11. The lowest BCUT2D eigenvalue weighted by molar-refractivity contribution is -0.915. The van der Waals surface area contributed by atoms with Crippen LogP contribution in [0.2, 0.25) is 0 Å². The average Bonchev–Trinajstić information content (AvgIpc) is 2.75. The summed E-state index contributed by atoms with van der Waals surface area (Å²) in [4.78, 5) is 28.0. The van der Waals surface area contributed by atoms with Crippen molar-refractivity contribution in [3.05, 3.63) is 27.1 Å². The number of likely N-dealkylation sites (tertiary alicyclic amines) is 1. The van der Waals surface area contributed by atoms with Gasteiger partial charge >= 0.3 is 0 Å². The van der Waals surface area contributed by atoms with Gasteiger partial charge in [-0.2, -0.15) is 0 Å². The van der Waals surface area contributed by atoms with Crippen LogP contribution in [0.4, 0.5) is 5.69 Å². The number of quaternary nitrogens is 1. The average molecular weight is 445 g/mol. The standard InChI is InChI=1S/C17H20Br2N2O2/c18-12-6-7-14(13(19)10-12)21-16(22)11-15(17(21)23)20-8-4-2-1-3-5-9-20/h6-7,10,15H,1-5,8-9,11H2/p+1/t15-/m1/s1. The molecule has 124 valence electrons. The highest BCUT2D eigenvalue weighted by Gasteiger charge is 2.46. The molecule has 0 spiro atoms. The third kappa shape index (κ3) is 3.69. The second-order valence-corrected chi connectivity index (χ2v) is 8.12. The van der Waals surface area contributed by atoms with Gasteiger partial charge < -0.3 is 4.90 Å². The van der Waals surface area contributed by atoms with Gasteiger partial charge in [-0.25, -0.2) is 4.90 Å². The Morgan fingerprint density at radius 2 is 1.65 bits per heavy atom. The number of halogens is 2. The van der Waals surface area contributed by atoms with Gasteiger partial charge in [0.1, 0.15) is 0 Å². The van der Waals surface area contributed by atoms with Gasteiger partial charge in [-0.1, -0.05) is 22.4 Å². The molecule has 0 bridgehead atoms. The lowest BCUT2D eigenvalue weighted by Crippen LogP contribution is -3.16. The predicted molar refractivity (Wildman–Crippen MR) is 96.5 cm³/mol. The maximum atomic E-state index is 12.9. The van der Waals surface area contributed by atoms with Crippen LogP contribution < -0.4 is 9.80 Å². The molecule has 2 aliphatic rings. The SMILES string of the molecule is O=C1C[C@@H]([NH+]2CCCCCCC2)C(=O)N1c1ccc(Br)cc1Br. The number of imide groups is 1. The van der Waals surface area contributed by atoms with Crippen molar-refractivity contribution < 1.29 is 14.5 Å². The smallest absolute Gasteiger partial charge is 0.292 e. The minimum Gasteiger partial charge on any atom is -0.324 e. The summed E-state index contributed by atoms with van der Waals surface area (Å²) in [5.41, 5.74) is 0.650. The van der Waals surface area contributed by atoms with Crippen LogP contribution in [-0.2, 0) is 9.59 Å². The maximum Gasteiger partial charge on any atom is 0.292 e. The van der Waals surface area contributed by atoms with Crippen LogP contribution in [0.15, 0.2) is 27.1 Å². The van der Waals surface area contributed by atoms with Crippen LogP contribution in [-0.4, -0.2) is 30.9 Å². The fourth-order valence-corrected chi connectivity index (χ4v) is 4.80. The normalized spacial score (nSPS) is 23.9. The van der Waals surface area contributed by atoms with Gasteiger partial charge in [0, 0.05) is 8.95 Å². The Balaban J connectivity index is 1.81. The van der Waals surface area contributed by atoms with E-state index in [4.69, 9.17) is 0 Å². The number of nitrogens with one attached hydrogen (secondary N) is 1. The van der Waals surface area contributed by atoms with E-state index in [-0.39, 0.29) is 17.9 Å². The van der Waals surface area contributed by atoms with Crippen molar-refractivity contribution in [2.45, 2.75) is 44.6 Å². The summed E-state index contributed by atoms with van der Waals surface area (Å²) in [7, 11) is 0. The summed E-state index contributed by atoms with van der Waals surface area (Å²) in [6, 6.07) is 5.33. The molecular weight excluding hydrogens is 424 g/mol. The molecule has 2 aliphatic heterocycles. The van der Waals surface area contributed by atoms with E-state index in [1.54, 1.807) is 0 Å². The molecular formula is C17H21Br2N2O2+. The number of carbonyl (C=O) groups is 2. The van der Waals surface area contributed by atoms with Crippen LogP contribution in [0, 0.1) is 0 Å². The Morgan fingerprint density at radius 1 is 1.00 bits per heavy atom. The first kappa shape index (κ1) is 17.1. The summed E-state index contributed by atoms with van der Waals surface area (Å²) >= 11 is 6.87. The van der Waals surface area contributed by atoms with Crippen molar-refractivity contribution >= 4 is 49.4 Å². The van der Waals surface area contributed by atoms with Crippen molar-refractivity contribution in [3.63, 3.8) is 0 Å². The number of hydrogen-bond donors (Lipinski definition) is 1. The molecule has 0 unspecified atom stereocenters. The van der Waals surface area contributed by atoms with E-state index in [2.05, 4.69) is 31.9 Å². The summed E-state index contributed by atoms with van der Waals surface area (Å²) in [6.45, 7) is 2.00. The summed E-state index contributed by atoms with van der Waals surface area (Å²) < 4.78 is 1.68. The third-order valence-corrected chi connectivity index (χ3v) is 5.91.